The van der Waals surface area contributed by atoms with Gasteiger partial charge < -0.3 is 11.1 Å². The topological polar surface area (TPSA) is 61.8 Å². The summed E-state index contributed by atoms with van der Waals surface area (Å²) in [6.45, 7) is 0. The third-order valence-corrected chi connectivity index (χ3v) is 2.73. The predicted octanol–water partition coefficient (Wildman–Crippen LogP) is 4.04. The number of hydrogen-bond acceptors (Lipinski definition) is 3. The SMILES string of the molecule is N#Cc1ccc(N)c(Nc2ccc(F)c(C(F)(F)F)c2)c1. The minimum atomic E-state index is -4.79. The van der Waals surface area contributed by atoms with Crippen molar-refractivity contribution in [3.8, 4) is 6.07 Å². The van der Waals surface area contributed by atoms with Crippen LogP contribution in [0.25, 0.3) is 0 Å². The van der Waals surface area contributed by atoms with Crippen molar-refractivity contribution >= 4 is 17.1 Å². The molecule has 0 aromatic heterocycles. The normalized spacial score (nSPS) is 11.0. The molecule has 0 saturated carbocycles. The van der Waals surface area contributed by atoms with E-state index >= 15 is 0 Å². The van der Waals surface area contributed by atoms with E-state index in [4.69, 9.17) is 11.0 Å². The van der Waals surface area contributed by atoms with Crippen LogP contribution in [0.3, 0.4) is 0 Å². The highest BCUT2D eigenvalue weighted by Gasteiger charge is 2.34. The maximum absolute atomic E-state index is 13.2. The fourth-order valence-electron chi connectivity index (χ4n) is 1.71. The van der Waals surface area contributed by atoms with Gasteiger partial charge in [-0.1, -0.05) is 0 Å². The first-order chi connectivity index (χ1) is 9.81. The number of benzene rings is 2. The number of hydrogen-bond donors (Lipinski definition) is 2. The number of alkyl halides is 3. The zero-order valence-corrected chi connectivity index (χ0v) is 10.5. The van der Waals surface area contributed by atoms with Gasteiger partial charge in [-0.2, -0.15) is 18.4 Å². The summed E-state index contributed by atoms with van der Waals surface area (Å²) >= 11 is 0. The van der Waals surface area contributed by atoms with Gasteiger partial charge in [-0.15, -0.1) is 0 Å². The molecule has 0 fully saturated rings. The quantitative estimate of drug-likeness (QED) is 0.649. The molecule has 108 valence electrons. The Labute approximate surface area is 117 Å². The molecule has 0 spiro atoms. The van der Waals surface area contributed by atoms with E-state index in [1.807, 2.05) is 6.07 Å². The molecule has 0 amide bonds. The van der Waals surface area contributed by atoms with Crippen molar-refractivity contribution in [1.82, 2.24) is 0 Å². The van der Waals surface area contributed by atoms with Crippen LogP contribution in [-0.4, -0.2) is 0 Å². The van der Waals surface area contributed by atoms with Crippen LogP contribution in [-0.2, 0) is 6.18 Å². The van der Waals surface area contributed by atoms with E-state index in [1.165, 1.54) is 18.2 Å². The molecule has 0 saturated heterocycles. The molecule has 0 unspecified atom stereocenters. The standard InChI is InChI=1S/C14H9F4N3/c15-11-3-2-9(6-10(11)14(16,17)18)21-13-5-8(7-19)1-4-12(13)20/h1-6,21H,20H2. The van der Waals surface area contributed by atoms with Crippen LogP contribution in [0.1, 0.15) is 11.1 Å². The molecular formula is C14H9F4N3. The van der Waals surface area contributed by atoms with E-state index in [-0.39, 0.29) is 17.1 Å². The fraction of sp³-hybridized carbons (Fsp3) is 0.0714. The Hall–Kier alpha value is -2.75. The van der Waals surface area contributed by atoms with Crippen molar-refractivity contribution in [2.75, 3.05) is 11.1 Å². The van der Waals surface area contributed by atoms with E-state index in [0.717, 1.165) is 12.1 Å². The predicted molar refractivity (Wildman–Crippen MR) is 70.3 cm³/mol. The Morgan fingerprint density at radius 1 is 1.10 bits per heavy atom. The highest BCUT2D eigenvalue weighted by molar-refractivity contribution is 5.74. The molecule has 2 aromatic rings. The van der Waals surface area contributed by atoms with E-state index in [9.17, 15) is 17.6 Å². The Morgan fingerprint density at radius 2 is 1.81 bits per heavy atom. The van der Waals surface area contributed by atoms with Crippen molar-refractivity contribution in [2.24, 2.45) is 0 Å². The summed E-state index contributed by atoms with van der Waals surface area (Å²) in [4.78, 5) is 0. The summed E-state index contributed by atoms with van der Waals surface area (Å²) in [7, 11) is 0. The lowest BCUT2D eigenvalue weighted by Crippen LogP contribution is -2.08. The van der Waals surface area contributed by atoms with Crippen LogP contribution >= 0.6 is 0 Å². The molecule has 0 atom stereocenters. The number of nitrogens with one attached hydrogen (secondary N) is 1. The molecule has 2 aromatic carbocycles. The van der Waals surface area contributed by atoms with Gasteiger partial charge in [-0.3, -0.25) is 0 Å². The molecule has 2 rings (SSSR count). The van der Waals surface area contributed by atoms with Crippen LogP contribution in [0, 0.1) is 17.1 Å². The number of nitrogen functional groups attached to an aromatic ring is 1. The maximum atomic E-state index is 13.2. The second kappa shape index (κ2) is 5.32. The highest BCUT2D eigenvalue weighted by Crippen LogP contribution is 2.34. The van der Waals surface area contributed by atoms with E-state index in [0.29, 0.717) is 11.6 Å². The summed E-state index contributed by atoms with van der Waals surface area (Å²) in [5.74, 6) is -1.35. The van der Waals surface area contributed by atoms with Gasteiger partial charge in [0.25, 0.3) is 0 Å². The second-order valence-electron chi connectivity index (χ2n) is 4.23. The maximum Gasteiger partial charge on any atom is 0.419 e. The Kier molecular flexibility index (Phi) is 3.72. The average molecular weight is 295 g/mol. The molecule has 0 radical (unpaired) electrons. The lowest BCUT2D eigenvalue weighted by atomic mass is 10.1. The number of nitrogens with zero attached hydrogens (tertiary/aromatic N) is 1. The molecule has 3 nitrogen and oxygen atoms in total. The first kappa shape index (κ1) is 14.7. The van der Waals surface area contributed by atoms with Crippen molar-refractivity contribution < 1.29 is 17.6 Å². The summed E-state index contributed by atoms with van der Waals surface area (Å²) in [5.41, 5.74) is 5.15. The lowest BCUT2D eigenvalue weighted by Gasteiger charge is -2.13. The monoisotopic (exact) mass is 295 g/mol. The van der Waals surface area contributed by atoms with Gasteiger partial charge in [0.2, 0.25) is 0 Å². The first-order valence-corrected chi connectivity index (χ1v) is 5.74. The molecule has 3 N–H and O–H groups in total. The van der Waals surface area contributed by atoms with Crippen molar-refractivity contribution in [2.45, 2.75) is 6.18 Å². The van der Waals surface area contributed by atoms with Crippen molar-refractivity contribution in [3.63, 3.8) is 0 Å². The van der Waals surface area contributed by atoms with Crippen LogP contribution in [0.2, 0.25) is 0 Å². The number of rotatable bonds is 2. The van der Waals surface area contributed by atoms with Crippen LogP contribution in [0.4, 0.5) is 34.6 Å². The molecule has 0 aliphatic rings. The second-order valence-corrected chi connectivity index (χ2v) is 4.23. The van der Waals surface area contributed by atoms with Crippen LogP contribution in [0.15, 0.2) is 36.4 Å². The number of halogens is 4. The average Bonchev–Trinajstić information content (AvgIpc) is 2.42. The van der Waals surface area contributed by atoms with Gasteiger partial charge in [0.05, 0.1) is 28.6 Å². The number of nitriles is 1. The minimum absolute atomic E-state index is 0.0190. The van der Waals surface area contributed by atoms with Gasteiger partial charge in [0.15, 0.2) is 0 Å². The Morgan fingerprint density at radius 3 is 2.43 bits per heavy atom. The smallest absolute Gasteiger partial charge is 0.397 e. The van der Waals surface area contributed by atoms with Gasteiger partial charge in [0.1, 0.15) is 5.82 Å². The van der Waals surface area contributed by atoms with Crippen LogP contribution in [0.5, 0.6) is 0 Å². The van der Waals surface area contributed by atoms with Gasteiger partial charge >= 0.3 is 6.18 Å². The Balaban J connectivity index is 2.39. The molecule has 7 heteroatoms. The van der Waals surface area contributed by atoms with Gasteiger partial charge in [0, 0.05) is 5.69 Å². The van der Waals surface area contributed by atoms with Gasteiger partial charge in [-0.05, 0) is 36.4 Å². The third-order valence-electron chi connectivity index (χ3n) is 2.73. The first-order valence-electron chi connectivity index (χ1n) is 5.74. The largest absolute Gasteiger partial charge is 0.419 e. The zero-order valence-electron chi connectivity index (χ0n) is 10.5. The molecule has 0 bridgehead atoms. The van der Waals surface area contributed by atoms with E-state index in [1.54, 1.807) is 0 Å². The Bertz CT molecular complexity index is 717. The molecule has 0 aliphatic carbocycles. The molecule has 0 aliphatic heterocycles. The molecule has 0 heterocycles. The van der Waals surface area contributed by atoms with Crippen molar-refractivity contribution in [3.05, 3.63) is 53.3 Å². The summed E-state index contributed by atoms with van der Waals surface area (Å²) in [6.07, 6.45) is -4.79. The van der Waals surface area contributed by atoms with E-state index < -0.39 is 17.6 Å². The number of nitrogens with two attached hydrogens (primary N) is 1. The molecular weight excluding hydrogens is 286 g/mol. The van der Waals surface area contributed by atoms with Crippen molar-refractivity contribution in [1.29, 1.82) is 5.26 Å². The third kappa shape index (κ3) is 3.23. The summed E-state index contributed by atoms with van der Waals surface area (Å²) in [6, 6.07) is 8.74. The fourth-order valence-corrected chi connectivity index (χ4v) is 1.71. The molecule has 21 heavy (non-hydrogen) atoms. The summed E-state index contributed by atoms with van der Waals surface area (Å²) < 4.78 is 51.1. The van der Waals surface area contributed by atoms with E-state index in [2.05, 4.69) is 5.32 Å². The highest BCUT2D eigenvalue weighted by atomic mass is 19.4. The summed E-state index contributed by atoms with van der Waals surface area (Å²) in [5, 5.41) is 11.4. The zero-order chi connectivity index (χ0) is 15.6. The van der Waals surface area contributed by atoms with Crippen LogP contribution < -0.4 is 11.1 Å². The number of anilines is 3. The van der Waals surface area contributed by atoms with Gasteiger partial charge in [-0.25, -0.2) is 4.39 Å². The minimum Gasteiger partial charge on any atom is -0.397 e. The lowest BCUT2D eigenvalue weighted by molar-refractivity contribution is -0.139.